The Hall–Kier alpha value is -0.160. The van der Waals surface area contributed by atoms with Gasteiger partial charge in [-0.1, -0.05) is 0 Å². The fourth-order valence-electron chi connectivity index (χ4n) is 2.05. The lowest BCUT2D eigenvalue weighted by molar-refractivity contribution is -0.188. The number of hydrogen-bond donors (Lipinski definition) is 1. The summed E-state index contributed by atoms with van der Waals surface area (Å²) in [5, 5.41) is 9.04. The number of rotatable bonds is 1. The molecule has 2 fully saturated rings. The molecule has 2 aliphatic heterocycles. The first-order valence-electron chi connectivity index (χ1n) is 4.65. The van der Waals surface area contributed by atoms with Crippen LogP contribution in [0.25, 0.3) is 0 Å². The third kappa shape index (κ3) is 1.48. The van der Waals surface area contributed by atoms with Crippen molar-refractivity contribution in [1.82, 2.24) is 0 Å². The van der Waals surface area contributed by atoms with Crippen molar-refractivity contribution >= 4 is 0 Å². The summed E-state index contributed by atoms with van der Waals surface area (Å²) in [6, 6.07) is 0. The molecule has 76 valence electrons. The average Bonchev–Trinajstić information content (AvgIpc) is 2.47. The summed E-state index contributed by atoms with van der Waals surface area (Å²) in [4.78, 5) is 0. The predicted molar refractivity (Wildman–Crippen MR) is 45.2 cm³/mol. The van der Waals surface area contributed by atoms with E-state index < -0.39 is 5.79 Å². The first-order valence-corrected chi connectivity index (χ1v) is 4.65. The smallest absolute Gasteiger partial charge is 0.164 e. The van der Waals surface area contributed by atoms with E-state index in [4.69, 9.17) is 19.3 Å². The van der Waals surface area contributed by atoms with Crippen molar-refractivity contribution in [2.24, 2.45) is 0 Å². The Labute approximate surface area is 77.8 Å². The van der Waals surface area contributed by atoms with Gasteiger partial charge in [-0.25, -0.2) is 0 Å². The molecule has 2 aliphatic rings. The maximum atomic E-state index is 9.04. The van der Waals surface area contributed by atoms with Crippen LogP contribution in [0.3, 0.4) is 0 Å². The molecule has 0 bridgehead atoms. The molecule has 0 aromatic rings. The van der Waals surface area contributed by atoms with Crippen molar-refractivity contribution in [2.75, 3.05) is 6.61 Å². The van der Waals surface area contributed by atoms with Crippen molar-refractivity contribution in [3.05, 3.63) is 0 Å². The minimum absolute atomic E-state index is 0.00363. The van der Waals surface area contributed by atoms with E-state index in [1.807, 2.05) is 20.8 Å². The average molecular weight is 188 g/mol. The molecule has 0 radical (unpaired) electrons. The van der Waals surface area contributed by atoms with E-state index in [1.165, 1.54) is 0 Å². The molecular weight excluding hydrogens is 172 g/mol. The zero-order chi connectivity index (χ0) is 9.64. The highest BCUT2D eigenvalue weighted by Crippen LogP contribution is 2.38. The van der Waals surface area contributed by atoms with Crippen LogP contribution in [0.2, 0.25) is 0 Å². The molecule has 2 saturated heterocycles. The number of aliphatic hydroxyl groups is 1. The van der Waals surface area contributed by atoms with Gasteiger partial charge in [-0.2, -0.15) is 0 Å². The fraction of sp³-hybridized carbons (Fsp3) is 1.00. The second kappa shape index (κ2) is 2.92. The van der Waals surface area contributed by atoms with Crippen molar-refractivity contribution in [2.45, 2.75) is 51.0 Å². The Balaban J connectivity index is 2.12. The van der Waals surface area contributed by atoms with Crippen LogP contribution >= 0.6 is 0 Å². The Morgan fingerprint density at radius 3 is 2.46 bits per heavy atom. The van der Waals surface area contributed by atoms with Crippen LogP contribution in [0.4, 0.5) is 0 Å². The molecule has 0 aromatic heterocycles. The normalized spacial score (nSPS) is 48.0. The molecule has 4 atom stereocenters. The van der Waals surface area contributed by atoms with E-state index in [9.17, 15) is 0 Å². The lowest BCUT2D eigenvalue weighted by Crippen LogP contribution is -2.31. The van der Waals surface area contributed by atoms with Gasteiger partial charge in [0.1, 0.15) is 18.3 Å². The Morgan fingerprint density at radius 1 is 1.23 bits per heavy atom. The molecule has 2 rings (SSSR count). The molecule has 0 aliphatic carbocycles. The van der Waals surface area contributed by atoms with Crippen LogP contribution in [-0.4, -0.2) is 41.9 Å². The molecule has 0 spiro atoms. The molecule has 3 unspecified atom stereocenters. The summed E-state index contributed by atoms with van der Waals surface area (Å²) in [6.07, 6.45) is -0.382. The highest BCUT2D eigenvalue weighted by atomic mass is 16.8. The summed E-state index contributed by atoms with van der Waals surface area (Å²) >= 11 is 0. The molecule has 4 heteroatoms. The molecular formula is C9H16O4. The lowest BCUT2D eigenvalue weighted by atomic mass is 10.1. The topological polar surface area (TPSA) is 47.9 Å². The highest BCUT2D eigenvalue weighted by Gasteiger charge is 2.53. The zero-order valence-corrected chi connectivity index (χ0v) is 8.19. The molecule has 13 heavy (non-hydrogen) atoms. The van der Waals surface area contributed by atoms with Gasteiger partial charge in [0.25, 0.3) is 0 Å². The Bertz CT molecular complexity index is 204. The zero-order valence-electron chi connectivity index (χ0n) is 8.19. The second-order valence-electron chi connectivity index (χ2n) is 4.13. The van der Waals surface area contributed by atoms with Crippen LogP contribution in [0.15, 0.2) is 0 Å². The van der Waals surface area contributed by atoms with Gasteiger partial charge in [-0.05, 0) is 20.8 Å². The SMILES string of the molecule is CC1O[C@@H](CO)C2OC(C)(C)OC12. The molecule has 0 aromatic carbocycles. The standard InChI is InChI=1S/C9H16O4/c1-5-7-8(6(4-10)11-5)13-9(2,3)12-7/h5-8,10H,4H2,1-3H3/t5?,6-,7?,8?/m0/s1. The quantitative estimate of drug-likeness (QED) is 0.642. The summed E-state index contributed by atoms with van der Waals surface area (Å²) in [6.45, 7) is 5.70. The largest absolute Gasteiger partial charge is 0.394 e. The second-order valence-corrected chi connectivity index (χ2v) is 4.13. The van der Waals surface area contributed by atoms with E-state index in [0.29, 0.717) is 0 Å². The number of ether oxygens (including phenoxy) is 3. The van der Waals surface area contributed by atoms with Gasteiger partial charge in [0.05, 0.1) is 12.7 Å². The minimum Gasteiger partial charge on any atom is -0.394 e. The fourth-order valence-corrected chi connectivity index (χ4v) is 2.05. The third-order valence-corrected chi connectivity index (χ3v) is 2.56. The maximum absolute atomic E-state index is 9.04. The van der Waals surface area contributed by atoms with Crippen LogP contribution in [0.1, 0.15) is 20.8 Å². The first-order chi connectivity index (χ1) is 6.03. The summed E-state index contributed by atoms with van der Waals surface area (Å²) in [5.41, 5.74) is 0. The lowest BCUT2D eigenvalue weighted by Gasteiger charge is -2.22. The van der Waals surface area contributed by atoms with Crippen molar-refractivity contribution < 1.29 is 19.3 Å². The summed E-state index contributed by atoms with van der Waals surface area (Å²) in [5.74, 6) is -0.541. The van der Waals surface area contributed by atoms with Crippen LogP contribution in [-0.2, 0) is 14.2 Å². The maximum Gasteiger partial charge on any atom is 0.164 e. The van der Waals surface area contributed by atoms with E-state index >= 15 is 0 Å². The number of aliphatic hydroxyl groups excluding tert-OH is 1. The number of fused-ring (bicyclic) bond motifs is 1. The molecule has 4 nitrogen and oxygen atoms in total. The van der Waals surface area contributed by atoms with Crippen molar-refractivity contribution in [3.8, 4) is 0 Å². The Kier molecular flexibility index (Phi) is 2.11. The summed E-state index contributed by atoms with van der Waals surface area (Å²) in [7, 11) is 0. The molecule has 2 heterocycles. The van der Waals surface area contributed by atoms with Crippen molar-refractivity contribution in [3.63, 3.8) is 0 Å². The van der Waals surface area contributed by atoms with Gasteiger partial charge < -0.3 is 19.3 Å². The van der Waals surface area contributed by atoms with Gasteiger partial charge in [0.2, 0.25) is 0 Å². The van der Waals surface area contributed by atoms with Gasteiger partial charge in [-0.3, -0.25) is 0 Å². The van der Waals surface area contributed by atoms with E-state index in [-0.39, 0.29) is 31.0 Å². The van der Waals surface area contributed by atoms with E-state index in [1.54, 1.807) is 0 Å². The van der Waals surface area contributed by atoms with Crippen molar-refractivity contribution in [1.29, 1.82) is 0 Å². The third-order valence-electron chi connectivity index (χ3n) is 2.56. The van der Waals surface area contributed by atoms with Gasteiger partial charge in [-0.15, -0.1) is 0 Å². The molecule has 1 N–H and O–H groups in total. The van der Waals surface area contributed by atoms with Crippen LogP contribution < -0.4 is 0 Å². The van der Waals surface area contributed by atoms with E-state index in [2.05, 4.69) is 0 Å². The monoisotopic (exact) mass is 188 g/mol. The first kappa shape index (κ1) is 9.40. The van der Waals surface area contributed by atoms with Crippen LogP contribution in [0, 0.1) is 0 Å². The van der Waals surface area contributed by atoms with Gasteiger partial charge >= 0.3 is 0 Å². The summed E-state index contributed by atoms with van der Waals surface area (Å²) < 4.78 is 16.8. The predicted octanol–water partition coefficient (Wildman–Crippen LogP) is 0.286. The van der Waals surface area contributed by atoms with E-state index in [0.717, 1.165) is 0 Å². The molecule has 0 amide bonds. The van der Waals surface area contributed by atoms with Gasteiger partial charge in [0.15, 0.2) is 5.79 Å². The minimum atomic E-state index is -0.541. The number of hydrogen-bond acceptors (Lipinski definition) is 4. The van der Waals surface area contributed by atoms with Gasteiger partial charge in [0, 0.05) is 0 Å². The molecule has 0 saturated carbocycles. The van der Waals surface area contributed by atoms with Crippen LogP contribution in [0.5, 0.6) is 0 Å². The highest BCUT2D eigenvalue weighted by molar-refractivity contribution is 4.96. The Morgan fingerprint density at radius 2 is 1.85 bits per heavy atom.